The smallest absolute Gasteiger partial charge is 0.207 e. The zero-order valence-electron chi connectivity index (χ0n) is 8.95. The molecule has 15 heavy (non-hydrogen) atoms. The van der Waals surface area contributed by atoms with Crippen LogP contribution < -0.4 is 0 Å². The summed E-state index contributed by atoms with van der Waals surface area (Å²) in [6.45, 7) is 5.61. The quantitative estimate of drug-likeness (QED) is 0.803. The van der Waals surface area contributed by atoms with Crippen molar-refractivity contribution in [3.63, 3.8) is 0 Å². The molecular weight excluding hydrogens is 230 g/mol. The Bertz CT molecular complexity index is 315. The topological polar surface area (TPSA) is 29.0 Å². The fourth-order valence-corrected chi connectivity index (χ4v) is 2.88. The highest BCUT2D eigenvalue weighted by Crippen LogP contribution is 2.20. The van der Waals surface area contributed by atoms with Gasteiger partial charge in [-0.15, -0.1) is 10.2 Å². The van der Waals surface area contributed by atoms with Gasteiger partial charge in [-0.2, -0.15) is 0 Å². The Morgan fingerprint density at radius 3 is 3.00 bits per heavy atom. The van der Waals surface area contributed by atoms with Gasteiger partial charge in [0.1, 0.15) is 5.01 Å². The van der Waals surface area contributed by atoms with Crippen LogP contribution in [0.5, 0.6) is 0 Å². The van der Waals surface area contributed by atoms with E-state index < -0.39 is 0 Å². The van der Waals surface area contributed by atoms with E-state index in [1.54, 1.807) is 0 Å². The molecule has 0 aliphatic carbocycles. The maximum Gasteiger partial charge on any atom is 0.207 e. The molecule has 5 heteroatoms. The summed E-state index contributed by atoms with van der Waals surface area (Å²) < 4.78 is 0.549. The zero-order valence-corrected chi connectivity index (χ0v) is 10.5. The molecule has 0 N–H and O–H groups in total. The Kier molecular flexibility index (Phi) is 3.94. The lowest BCUT2D eigenvalue weighted by molar-refractivity contribution is 0.272. The minimum atomic E-state index is 0.549. The van der Waals surface area contributed by atoms with Crippen molar-refractivity contribution in [1.29, 1.82) is 0 Å². The van der Waals surface area contributed by atoms with E-state index >= 15 is 0 Å². The van der Waals surface area contributed by atoms with E-state index in [0.717, 1.165) is 17.5 Å². The van der Waals surface area contributed by atoms with E-state index in [9.17, 15) is 0 Å². The molecule has 1 aromatic rings. The molecule has 0 amide bonds. The highest BCUT2D eigenvalue weighted by Gasteiger charge is 2.15. The molecule has 1 saturated heterocycles. The molecule has 0 bridgehead atoms. The molecule has 0 aromatic carbocycles. The van der Waals surface area contributed by atoms with Gasteiger partial charge >= 0.3 is 0 Å². The maximum absolute atomic E-state index is 5.76. The minimum Gasteiger partial charge on any atom is -0.297 e. The molecule has 1 atom stereocenters. The lowest BCUT2D eigenvalue weighted by atomic mass is 10.0. The SMILES string of the molecule is CC1CCCN(Cc2nnc(Cl)s2)CC1. The van der Waals surface area contributed by atoms with Gasteiger partial charge in [-0.25, -0.2) is 0 Å². The van der Waals surface area contributed by atoms with E-state index in [0.29, 0.717) is 4.47 Å². The van der Waals surface area contributed by atoms with E-state index in [2.05, 4.69) is 22.0 Å². The normalized spacial score (nSPS) is 24.0. The van der Waals surface area contributed by atoms with Gasteiger partial charge in [0.2, 0.25) is 4.47 Å². The second-order valence-electron chi connectivity index (χ2n) is 4.26. The molecular formula is C10H16ClN3S. The second-order valence-corrected chi connectivity index (χ2v) is 5.91. The van der Waals surface area contributed by atoms with Crippen molar-refractivity contribution in [2.75, 3.05) is 13.1 Å². The van der Waals surface area contributed by atoms with Crippen molar-refractivity contribution in [3.8, 4) is 0 Å². The standard InChI is InChI=1S/C10H16ClN3S/c1-8-3-2-5-14(6-4-8)7-9-12-13-10(11)15-9/h8H,2-7H2,1H3. The van der Waals surface area contributed by atoms with Crippen LogP contribution in [0.1, 0.15) is 31.2 Å². The molecule has 0 spiro atoms. The Balaban J connectivity index is 1.88. The second kappa shape index (κ2) is 5.23. The number of hydrogen-bond donors (Lipinski definition) is 0. The van der Waals surface area contributed by atoms with Crippen LogP contribution >= 0.6 is 22.9 Å². The molecule has 1 aromatic heterocycles. The van der Waals surface area contributed by atoms with Gasteiger partial charge in [0.05, 0.1) is 6.54 Å². The molecule has 84 valence electrons. The molecule has 3 nitrogen and oxygen atoms in total. The highest BCUT2D eigenvalue weighted by molar-refractivity contribution is 7.15. The van der Waals surface area contributed by atoms with Crippen molar-refractivity contribution in [2.24, 2.45) is 5.92 Å². The van der Waals surface area contributed by atoms with Crippen LogP contribution in [0.2, 0.25) is 4.47 Å². The summed E-state index contributed by atoms with van der Waals surface area (Å²) in [7, 11) is 0. The Morgan fingerprint density at radius 1 is 1.40 bits per heavy atom. The van der Waals surface area contributed by atoms with Crippen LogP contribution in [-0.2, 0) is 6.54 Å². The van der Waals surface area contributed by atoms with Crippen molar-refractivity contribution in [1.82, 2.24) is 15.1 Å². The van der Waals surface area contributed by atoms with Gasteiger partial charge in [-0.1, -0.05) is 18.3 Å². The largest absolute Gasteiger partial charge is 0.297 e. The minimum absolute atomic E-state index is 0.549. The van der Waals surface area contributed by atoms with Gasteiger partial charge in [0.25, 0.3) is 0 Å². The van der Waals surface area contributed by atoms with Gasteiger partial charge in [0.15, 0.2) is 0 Å². The van der Waals surface area contributed by atoms with Gasteiger partial charge < -0.3 is 0 Å². The highest BCUT2D eigenvalue weighted by atomic mass is 35.5. The van der Waals surface area contributed by atoms with Crippen molar-refractivity contribution in [2.45, 2.75) is 32.7 Å². The predicted molar refractivity (Wildman–Crippen MR) is 63.2 cm³/mol. The Hall–Kier alpha value is -0.190. The molecule has 2 heterocycles. The van der Waals surface area contributed by atoms with E-state index in [1.807, 2.05) is 0 Å². The average molecular weight is 246 g/mol. The van der Waals surface area contributed by atoms with Gasteiger partial charge in [0, 0.05) is 0 Å². The van der Waals surface area contributed by atoms with Crippen LogP contribution in [0.15, 0.2) is 0 Å². The van der Waals surface area contributed by atoms with E-state index in [4.69, 9.17) is 11.6 Å². The van der Waals surface area contributed by atoms with Gasteiger partial charge in [-0.05, 0) is 49.9 Å². The summed E-state index contributed by atoms with van der Waals surface area (Å²) in [5.41, 5.74) is 0. The third-order valence-corrected chi connectivity index (χ3v) is 3.91. The first-order valence-corrected chi connectivity index (χ1v) is 6.63. The molecule has 1 unspecified atom stereocenters. The van der Waals surface area contributed by atoms with Gasteiger partial charge in [-0.3, -0.25) is 4.90 Å². The summed E-state index contributed by atoms with van der Waals surface area (Å²) in [6, 6.07) is 0. The first-order chi connectivity index (χ1) is 7.24. The first kappa shape index (κ1) is 11.3. The Labute approximate surface area is 99.5 Å². The number of likely N-dealkylation sites (tertiary alicyclic amines) is 1. The number of nitrogens with zero attached hydrogens (tertiary/aromatic N) is 3. The van der Waals surface area contributed by atoms with Crippen LogP contribution in [0, 0.1) is 5.92 Å². The van der Waals surface area contributed by atoms with Crippen LogP contribution in [0.4, 0.5) is 0 Å². The first-order valence-electron chi connectivity index (χ1n) is 5.44. The monoisotopic (exact) mass is 245 g/mol. The third kappa shape index (κ3) is 3.40. The maximum atomic E-state index is 5.76. The molecule has 1 aliphatic heterocycles. The summed E-state index contributed by atoms with van der Waals surface area (Å²) in [6.07, 6.45) is 3.95. The molecule has 0 radical (unpaired) electrons. The summed E-state index contributed by atoms with van der Waals surface area (Å²) in [5, 5.41) is 8.92. The predicted octanol–water partition coefficient (Wildman–Crippen LogP) is 2.81. The molecule has 0 saturated carbocycles. The lowest BCUT2D eigenvalue weighted by Crippen LogP contribution is -2.24. The molecule has 2 rings (SSSR count). The number of rotatable bonds is 2. The fourth-order valence-electron chi connectivity index (χ4n) is 1.97. The van der Waals surface area contributed by atoms with Crippen molar-refractivity contribution >= 4 is 22.9 Å². The van der Waals surface area contributed by atoms with Crippen LogP contribution in [0.25, 0.3) is 0 Å². The molecule has 1 aliphatic rings. The van der Waals surface area contributed by atoms with Crippen molar-refractivity contribution < 1.29 is 0 Å². The summed E-state index contributed by atoms with van der Waals surface area (Å²) in [4.78, 5) is 2.46. The number of halogens is 1. The van der Waals surface area contributed by atoms with Crippen molar-refractivity contribution in [3.05, 3.63) is 9.47 Å². The lowest BCUT2D eigenvalue weighted by Gasteiger charge is -2.17. The average Bonchev–Trinajstić information content (AvgIpc) is 2.48. The number of hydrogen-bond acceptors (Lipinski definition) is 4. The fraction of sp³-hybridized carbons (Fsp3) is 0.800. The summed E-state index contributed by atoms with van der Waals surface area (Å²) in [5.74, 6) is 0.869. The van der Waals surface area contributed by atoms with E-state index in [-0.39, 0.29) is 0 Å². The Morgan fingerprint density at radius 2 is 2.27 bits per heavy atom. The van der Waals surface area contributed by atoms with Crippen LogP contribution in [-0.4, -0.2) is 28.2 Å². The van der Waals surface area contributed by atoms with Crippen LogP contribution in [0.3, 0.4) is 0 Å². The number of aromatic nitrogens is 2. The van der Waals surface area contributed by atoms with E-state index in [1.165, 1.54) is 43.7 Å². The summed E-state index contributed by atoms with van der Waals surface area (Å²) >= 11 is 7.25. The zero-order chi connectivity index (χ0) is 10.7. The third-order valence-electron chi connectivity index (χ3n) is 2.91. The molecule has 1 fully saturated rings.